The molecule has 1 amide bonds. The number of amides is 1. The van der Waals surface area contributed by atoms with Gasteiger partial charge in [-0.25, -0.2) is 8.42 Å². The fourth-order valence-electron chi connectivity index (χ4n) is 1.12. The Labute approximate surface area is 129 Å². The maximum atomic E-state index is 11.4. The van der Waals surface area contributed by atoms with E-state index in [0.717, 1.165) is 0 Å². The number of nitrogens with zero attached hydrogens (tertiary/aromatic N) is 1. The molecule has 0 atom stereocenters. The van der Waals surface area contributed by atoms with E-state index in [4.69, 9.17) is 27.0 Å². The van der Waals surface area contributed by atoms with Gasteiger partial charge in [-0.3, -0.25) is 4.79 Å². The number of carbonyl (C=O) groups excluding carboxylic acids is 1. The third kappa shape index (κ3) is 4.52. The molecule has 9 heteroatoms. The lowest BCUT2D eigenvalue weighted by Crippen LogP contribution is -2.27. The highest BCUT2D eigenvalue weighted by molar-refractivity contribution is 9.10. The SMILES string of the molecule is CN(C)C(=O)COc1c(Cl)cc(Br)cc1S(=O)(=O)Cl. The Morgan fingerprint density at radius 3 is 2.47 bits per heavy atom. The summed E-state index contributed by atoms with van der Waals surface area (Å²) < 4.78 is 28.5. The Morgan fingerprint density at radius 2 is 2.00 bits per heavy atom. The van der Waals surface area contributed by atoms with Gasteiger partial charge in [0.2, 0.25) is 0 Å². The zero-order chi connectivity index (χ0) is 14.8. The number of hydrogen-bond donors (Lipinski definition) is 0. The summed E-state index contributed by atoms with van der Waals surface area (Å²) in [6, 6.07) is 2.70. The monoisotopic (exact) mass is 389 g/mol. The number of carbonyl (C=O) groups is 1. The lowest BCUT2D eigenvalue weighted by atomic mass is 10.3. The van der Waals surface area contributed by atoms with Crippen LogP contribution in [0.3, 0.4) is 0 Å². The minimum Gasteiger partial charge on any atom is -0.481 e. The fraction of sp³-hybridized carbons (Fsp3) is 0.300. The zero-order valence-electron chi connectivity index (χ0n) is 9.98. The third-order valence-electron chi connectivity index (χ3n) is 2.08. The van der Waals surface area contributed by atoms with Crippen molar-refractivity contribution < 1.29 is 17.9 Å². The van der Waals surface area contributed by atoms with E-state index in [-0.39, 0.29) is 28.2 Å². The van der Waals surface area contributed by atoms with Crippen LogP contribution in [0.2, 0.25) is 5.02 Å². The van der Waals surface area contributed by atoms with Crippen LogP contribution >= 0.6 is 38.2 Å². The highest BCUT2D eigenvalue weighted by Crippen LogP contribution is 2.37. The summed E-state index contributed by atoms with van der Waals surface area (Å²) in [6.07, 6.45) is 0. The van der Waals surface area contributed by atoms with Crippen LogP contribution in [0, 0.1) is 0 Å². The molecule has 106 valence electrons. The van der Waals surface area contributed by atoms with E-state index < -0.39 is 9.05 Å². The molecule has 0 saturated carbocycles. The van der Waals surface area contributed by atoms with Crippen molar-refractivity contribution in [2.75, 3.05) is 20.7 Å². The molecule has 0 aliphatic carbocycles. The Balaban J connectivity index is 3.16. The van der Waals surface area contributed by atoms with Gasteiger partial charge < -0.3 is 9.64 Å². The molecule has 19 heavy (non-hydrogen) atoms. The second-order valence-corrected chi connectivity index (χ2v) is 7.59. The summed E-state index contributed by atoms with van der Waals surface area (Å²) in [6.45, 7) is -0.340. The van der Waals surface area contributed by atoms with E-state index in [2.05, 4.69) is 15.9 Å². The van der Waals surface area contributed by atoms with Gasteiger partial charge in [0.05, 0.1) is 5.02 Å². The minimum absolute atomic E-state index is 0.0418. The molecule has 1 rings (SSSR count). The van der Waals surface area contributed by atoms with E-state index in [1.54, 1.807) is 14.1 Å². The van der Waals surface area contributed by atoms with Crippen molar-refractivity contribution >= 4 is 53.2 Å². The number of benzene rings is 1. The molecule has 1 aromatic carbocycles. The zero-order valence-corrected chi connectivity index (χ0v) is 13.9. The van der Waals surface area contributed by atoms with Gasteiger partial charge in [0.15, 0.2) is 12.4 Å². The molecule has 0 aromatic heterocycles. The lowest BCUT2D eigenvalue weighted by Gasteiger charge is -2.14. The average molecular weight is 391 g/mol. The summed E-state index contributed by atoms with van der Waals surface area (Å²) in [5.74, 6) is -0.480. The normalized spacial score (nSPS) is 11.2. The van der Waals surface area contributed by atoms with E-state index >= 15 is 0 Å². The molecule has 0 radical (unpaired) electrons. The van der Waals surface area contributed by atoms with Crippen molar-refractivity contribution in [1.29, 1.82) is 0 Å². The third-order valence-corrected chi connectivity index (χ3v) is 4.14. The Morgan fingerprint density at radius 1 is 1.42 bits per heavy atom. The predicted molar refractivity (Wildman–Crippen MR) is 76.4 cm³/mol. The van der Waals surface area contributed by atoms with Gasteiger partial charge in [-0.2, -0.15) is 0 Å². The van der Waals surface area contributed by atoms with Crippen molar-refractivity contribution in [3.63, 3.8) is 0 Å². The van der Waals surface area contributed by atoms with Crippen LogP contribution in [0.1, 0.15) is 0 Å². The number of hydrogen-bond acceptors (Lipinski definition) is 4. The second kappa shape index (κ2) is 6.30. The van der Waals surface area contributed by atoms with Crippen LogP contribution in [0.25, 0.3) is 0 Å². The van der Waals surface area contributed by atoms with Crippen LogP contribution in [0.15, 0.2) is 21.5 Å². The number of halogens is 3. The van der Waals surface area contributed by atoms with Crippen molar-refractivity contribution in [2.45, 2.75) is 4.90 Å². The Bertz CT molecular complexity index is 604. The lowest BCUT2D eigenvalue weighted by molar-refractivity contribution is -0.130. The summed E-state index contributed by atoms with van der Waals surface area (Å²) in [4.78, 5) is 12.4. The minimum atomic E-state index is -4.04. The van der Waals surface area contributed by atoms with Crippen molar-refractivity contribution in [3.8, 4) is 5.75 Å². The van der Waals surface area contributed by atoms with Crippen LogP contribution in [-0.2, 0) is 13.8 Å². The smallest absolute Gasteiger partial charge is 0.265 e. The number of ether oxygens (including phenoxy) is 1. The summed E-state index contributed by atoms with van der Waals surface area (Å²) in [5.41, 5.74) is 0. The van der Waals surface area contributed by atoms with Gasteiger partial charge in [-0.05, 0) is 12.1 Å². The molecular formula is C10H10BrCl2NO4S. The van der Waals surface area contributed by atoms with Crippen molar-refractivity contribution in [1.82, 2.24) is 4.90 Å². The molecule has 0 bridgehead atoms. The maximum Gasteiger partial charge on any atom is 0.265 e. The van der Waals surface area contributed by atoms with Crippen LogP contribution in [-0.4, -0.2) is 39.9 Å². The standard InChI is InChI=1S/C10H10BrCl2NO4S/c1-14(2)9(15)5-18-10-7(12)3-6(11)4-8(10)19(13,16)17/h3-4H,5H2,1-2H3. The molecule has 0 heterocycles. The maximum absolute atomic E-state index is 11.4. The molecule has 0 saturated heterocycles. The first kappa shape index (κ1) is 16.6. The van der Waals surface area contributed by atoms with E-state index in [0.29, 0.717) is 4.47 Å². The first-order valence-electron chi connectivity index (χ1n) is 4.89. The molecule has 1 aromatic rings. The number of rotatable bonds is 4. The van der Waals surface area contributed by atoms with Gasteiger partial charge in [0.1, 0.15) is 4.90 Å². The molecule has 0 aliphatic heterocycles. The van der Waals surface area contributed by atoms with Gasteiger partial charge in [-0.1, -0.05) is 27.5 Å². The molecule has 0 spiro atoms. The highest BCUT2D eigenvalue weighted by atomic mass is 79.9. The van der Waals surface area contributed by atoms with Gasteiger partial charge >= 0.3 is 0 Å². The molecule has 0 unspecified atom stereocenters. The van der Waals surface area contributed by atoms with E-state index in [1.807, 2.05) is 0 Å². The quantitative estimate of drug-likeness (QED) is 0.741. The Hall–Kier alpha value is -0.500. The molecule has 0 N–H and O–H groups in total. The second-order valence-electron chi connectivity index (χ2n) is 3.73. The first-order chi connectivity index (χ1) is 8.62. The summed E-state index contributed by atoms with van der Waals surface area (Å²) in [7, 11) is 4.36. The molecular weight excluding hydrogens is 381 g/mol. The Kier molecular flexibility index (Phi) is 5.49. The molecule has 0 fully saturated rings. The van der Waals surface area contributed by atoms with Gasteiger partial charge in [-0.15, -0.1) is 0 Å². The predicted octanol–water partition coefficient (Wildman–Crippen LogP) is 2.50. The molecule has 5 nitrogen and oxygen atoms in total. The highest BCUT2D eigenvalue weighted by Gasteiger charge is 2.22. The van der Waals surface area contributed by atoms with Gasteiger partial charge in [0.25, 0.3) is 15.0 Å². The first-order valence-corrected chi connectivity index (χ1v) is 8.37. The topological polar surface area (TPSA) is 63.7 Å². The fourth-order valence-corrected chi connectivity index (χ4v) is 3.19. The van der Waals surface area contributed by atoms with Crippen LogP contribution in [0.4, 0.5) is 0 Å². The summed E-state index contributed by atoms with van der Waals surface area (Å²) >= 11 is 9.01. The number of likely N-dealkylation sites (N-methyl/N-ethyl adjacent to an activating group) is 1. The summed E-state index contributed by atoms with van der Waals surface area (Å²) in [5, 5.41) is 0.0418. The van der Waals surface area contributed by atoms with E-state index in [1.165, 1.54) is 17.0 Å². The van der Waals surface area contributed by atoms with Crippen molar-refractivity contribution in [2.24, 2.45) is 0 Å². The van der Waals surface area contributed by atoms with Gasteiger partial charge in [0, 0.05) is 29.3 Å². The molecule has 0 aliphatic rings. The van der Waals surface area contributed by atoms with Crippen molar-refractivity contribution in [3.05, 3.63) is 21.6 Å². The van der Waals surface area contributed by atoms with Crippen LogP contribution < -0.4 is 4.74 Å². The average Bonchev–Trinajstić information content (AvgIpc) is 2.25. The van der Waals surface area contributed by atoms with E-state index in [9.17, 15) is 13.2 Å². The van der Waals surface area contributed by atoms with Crippen LogP contribution in [0.5, 0.6) is 5.75 Å². The largest absolute Gasteiger partial charge is 0.481 e.